The van der Waals surface area contributed by atoms with Crippen LogP contribution in [0.5, 0.6) is 0 Å². The van der Waals surface area contributed by atoms with E-state index in [1.54, 1.807) is 25.1 Å². The van der Waals surface area contributed by atoms with Crippen molar-refractivity contribution in [1.29, 1.82) is 0 Å². The zero-order valence-electron chi connectivity index (χ0n) is 10.0. The number of nitrogens with two attached hydrogens (primary N) is 1. The predicted molar refractivity (Wildman–Crippen MR) is 74.4 cm³/mol. The summed E-state index contributed by atoms with van der Waals surface area (Å²) in [6.45, 7) is 1.56. The SMILES string of the molecule is CC(N)C(=O)Nc1cccc(NS(C)(=O)=O)c1.Cl. The number of carbonyl (C=O) groups is 1. The summed E-state index contributed by atoms with van der Waals surface area (Å²) in [6.07, 6.45) is 1.06. The number of carbonyl (C=O) groups excluding carboxylic acids is 1. The topological polar surface area (TPSA) is 101 Å². The van der Waals surface area contributed by atoms with E-state index in [2.05, 4.69) is 10.0 Å². The molecule has 4 N–H and O–H groups in total. The van der Waals surface area contributed by atoms with Gasteiger partial charge in [-0.1, -0.05) is 6.07 Å². The number of hydrogen-bond acceptors (Lipinski definition) is 4. The summed E-state index contributed by atoms with van der Waals surface area (Å²) >= 11 is 0. The molecule has 6 nitrogen and oxygen atoms in total. The lowest BCUT2D eigenvalue weighted by atomic mass is 10.2. The Morgan fingerprint density at radius 2 is 1.89 bits per heavy atom. The molecule has 0 fully saturated rings. The van der Waals surface area contributed by atoms with Crippen molar-refractivity contribution in [2.45, 2.75) is 13.0 Å². The first-order chi connectivity index (χ1) is 7.78. The first kappa shape index (κ1) is 16.7. The molecule has 102 valence electrons. The molecule has 0 bridgehead atoms. The van der Waals surface area contributed by atoms with Gasteiger partial charge in [0.05, 0.1) is 18.0 Å². The van der Waals surface area contributed by atoms with Crippen LogP contribution < -0.4 is 15.8 Å². The number of rotatable bonds is 4. The summed E-state index contributed by atoms with van der Waals surface area (Å²) in [5.41, 5.74) is 6.27. The van der Waals surface area contributed by atoms with Crippen LogP contribution >= 0.6 is 12.4 Å². The minimum Gasteiger partial charge on any atom is -0.325 e. The molecule has 0 aliphatic carbocycles. The van der Waals surface area contributed by atoms with Gasteiger partial charge in [0.1, 0.15) is 0 Å². The molecule has 0 aromatic heterocycles. The molecule has 0 spiro atoms. The Labute approximate surface area is 112 Å². The molecule has 1 atom stereocenters. The van der Waals surface area contributed by atoms with E-state index in [1.165, 1.54) is 6.07 Å². The second kappa shape index (κ2) is 6.58. The second-order valence-electron chi connectivity index (χ2n) is 3.73. The van der Waals surface area contributed by atoms with Gasteiger partial charge in [-0.15, -0.1) is 12.4 Å². The molecule has 0 aliphatic heterocycles. The smallest absolute Gasteiger partial charge is 0.240 e. The first-order valence-corrected chi connectivity index (χ1v) is 6.81. The Morgan fingerprint density at radius 3 is 2.39 bits per heavy atom. The van der Waals surface area contributed by atoms with Crippen molar-refractivity contribution >= 4 is 39.7 Å². The lowest BCUT2D eigenvalue weighted by Crippen LogP contribution is -2.32. The normalized spacial score (nSPS) is 12.2. The van der Waals surface area contributed by atoms with Crippen molar-refractivity contribution in [1.82, 2.24) is 0 Å². The molecule has 0 aliphatic rings. The van der Waals surface area contributed by atoms with Gasteiger partial charge in [0.2, 0.25) is 15.9 Å². The highest BCUT2D eigenvalue weighted by atomic mass is 35.5. The number of sulfonamides is 1. The Bertz CT molecular complexity index is 517. The maximum Gasteiger partial charge on any atom is 0.240 e. The predicted octanol–water partition coefficient (Wildman–Crippen LogP) is 0.766. The van der Waals surface area contributed by atoms with Crippen LogP contribution in [-0.4, -0.2) is 26.6 Å². The minimum absolute atomic E-state index is 0. The maximum atomic E-state index is 11.3. The molecule has 0 radical (unpaired) electrons. The zero-order chi connectivity index (χ0) is 13.1. The molecule has 0 saturated heterocycles. The average Bonchev–Trinajstić information content (AvgIpc) is 2.15. The van der Waals surface area contributed by atoms with Crippen LogP contribution in [0.2, 0.25) is 0 Å². The van der Waals surface area contributed by atoms with Crippen LogP contribution in [0.1, 0.15) is 6.92 Å². The van der Waals surface area contributed by atoms with Crippen LogP contribution in [0.4, 0.5) is 11.4 Å². The molecule has 1 rings (SSSR count). The quantitative estimate of drug-likeness (QED) is 0.763. The molecule has 18 heavy (non-hydrogen) atoms. The zero-order valence-corrected chi connectivity index (χ0v) is 11.6. The minimum atomic E-state index is -3.33. The number of hydrogen-bond donors (Lipinski definition) is 3. The fourth-order valence-electron chi connectivity index (χ4n) is 1.13. The number of halogens is 1. The Hall–Kier alpha value is -1.31. The molecule has 8 heteroatoms. The molecule has 1 amide bonds. The van der Waals surface area contributed by atoms with Crippen LogP contribution in [0.3, 0.4) is 0 Å². The molecule has 1 aromatic rings. The highest BCUT2D eigenvalue weighted by Crippen LogP contribution is 2.16. The summed E-state index contributed by atoms with van der Waals surface area (Å²) in [6, 6.07) is 5.75. The molecular weight excluding hydrogens is 278 g/mol. The summed E-state index contributed by atoms with van der Waals surface area (Å²) in [4.78, 5) is 11.3. The number of anilines is 2. The molecular formula is C10H16ClN3O3S. The van der Waals surface area contributed by atoms with Crippen molar-refractivity contribution in [2.75, 3.05) is 16.3 Å². The van der Waals surface area contributed by atoms with E-state index in [1.807, 2.05) is 0 Å². The third kappa shape index (κ3) is 5.85. The largest absolute Gasteiger partial charge is 0.325 e. The van der Waals surface area contributed by atoms with E-state index in [0.29, 0.717) is 11.4 Å². The standard InChI is InChI=1S/C10H15N3O3S.ClH/c1-7(11)10(14)12-8-4-3-5-9(6-8)13-17(2,15)16;/h3-7,13H,11H2,1-2H3,(H,12,14);1H. The van der Waals surface area contributed by atoms with Gasteiger partial charge in [0.25, 0.3) is 0 Å². The van der Waals surface area contributed by atoms with Gasteiger partial charge in [-0.2, -0.15) is 0 Å². The second-order valence-corrected chi connectivity index (χ2v) is 5.48. The van der Waals surface area contributed by atoms with Gasteiger partial charge in [-0.25, -0.2) is 8.42 Å². The summed E-state index contributed by atoms with van der Waals surface area (Å²) in [5.74, 6) is -0.332. The number of amides is 1. The Kier molecular flexibility index (Phi) is 6.10. The van der Waals surface area contributed by atoms with Crippen LogP contribution in [0.15, 0.2) is 24.3 Å². The Balaban J connectivity index is 0.00000289. The molecule has 0 heterocycles. The lowest BCUT2D eigenvalue weighted by molar-refractivity contribution is -0.117. The van der Waals surface area contributed by atoms with Crippen molar-refractivity contribution < 1.29 is 13.2 Å². The van der Waals surface area contributed by atoms with Gasteiger partial charge in [-0.05, 0) is 25.1 Å². The fraction of sp³-hybridized carbons (Fsp3) is 0.300. The van der Waals surface area contributed by atoms with Crippen LogP contribution in [-0.2, 0) is 14.8 Å². The summed E-state index contributed by atoms with van der Waals surface area (Å²) in [5, 5.41) is 2.57. The fourth-order valence-corrected chi connectivity index (χ4v) is 1.69. The van der Waals surface area contributed by atoms with Crippen LogP contribution in [0, 0.1) is 0 Å². The molecule has 1 aromatic carbocycles. The van der Waals surface area contributed by atoms with Gasteiger partial charge < -0.3 is 11.1 Å². The van der Waals surface area contributed by atoms with E-state index in [4.69, 9.17) is 5.73 Å². The monoisotopic (exact) mass is 293 g/mol. The maximum absolute atomic E-state index is 11.3. The first-order valence-electron chi connectivity index (χ1n) is 4.92. The van der Waals surface area contributed by atoms with Crippen molar-refractivity contribution in [2.24, 2.45) is 5.73 Å². The van der Waals surface area contributed by atoms with Crippen molar-refractivity contribution in [3.8, 4) is 0 Å². The van der Waals surface area contributed by atoms with E-state index in [0.717, 1.165) is 6.26 Å². The third-order valence-electron chi connectivity index (χ3n) is 1.85. The molecule has 0 saturated carbocycles. The Morgan fingerprint density at radius 1 is 1.33 bits per heavy atom. The number of benzene rings is 1. The van der Waals surface area contributed by atoms with Crippen molar-refractivity contribution in [3.05, 3.63) is 24.3 Å². The van der Waals surface area contributed by atoms with E-state index >= 15 is 0 Å². The number of nitrogens with one attached hydrogen (secondary N) is 2. The summed E-state index contributed by atoms with van der Waals surface area (Å²) < 4.78 is 24.4. The van der Waals surface area contributed by atoms with Gasteiger partial charge >= 0.3 is 0 Å². The van der Waals surface area contributed by atoms with E-state index in [-0.39, 0.29) is 18.3 Å². The highest BCUT2D eigenvalue weighted by molar-refractivity contribution is 7.92. The van der Waals surface area contributed by atoms with E-state index < -0.39 is 16.1 Å². The third-order valence-corrected chi connectivity index (χ3v) is 2.45. The van der Waals surface area contributed by atoms with Gasteiger partial charge in [-0.3, -0.25) is 9.52 Å². The average molecular weight is 294 g/mol. The highest BCUT2D eigenvalue weighted by Gasteiger charge is 2.08. The van der Waals surface area contributed by atoms with Crippen molar-refractivity contribution in [3.63, 3.8) is 0 Å². The lowest BCUT2D eigenvalue weighted by Gasteiger charge is -2.09. The van der Waals surface area contributed by atoms with Gasteiger partial charge in [0.15, 0.2) is 0 Å². The summed E-state index contributed by atoms with van der Waals surface area (Å²) in [7, 11) is -3.33. The van der Waals surface area contributed by atoms with Crippen LogP contribution in [0.25, 0.3) is 0 Å². The molecule has 1 unspecified atom stereocenters. The van der Waals surface area contributed by atoms with E-state index in [9.17, 15) is 13.2 Å². The van der Waals surface area contributed by atoms with Gasteiger partial charge in [0, 0.05) is 5.69 Å².